The minimum absolute atomic E-state index is 0.0496. The number of carboxylic acid groups (broad SMARTS) is 1. The van der Waals surface area contributed by atoms with Gasteiger partial charge in [0.1, 0.15) is 30.8 Å². The van der Waals surface area contributed by atoms with Gasteiger partial charge in [-0.25, -0.2) is 44.0 Å². The predicted molar refractivity (Wildman–Crippen MR) is 322 cm³/mol. The van der Waals surface area contributed by atoms with Gasteiger partial charge in [-0.1, -0.05) is 135 Å². The van der Waals surface area contributed by atoms with E-state index in [9.17, 15) is 36.0 Å². The molecular weight excluding hydrogens is 1190 g/mol. The summed E-state index contributed by atoms with van der Waals surface area (Å²) in [7, 11) is -11.6. The zero-order valence-electron chi connectivity index (χ0n) is 49.4. The molecule has 0 fully saturated rings. The quantitative estimate of drug-likeness (QED) is 0.00923. The van der Waals surface area contributed by atoms with Crippen LogP contribution in [0.4, 0.5) is 22.4 Å². The Balaban J connectivity index is 1.27. The molecule has 0 radical (unpaired) electrons. The molecule has 1 heterocycles. The predicted octanol–water partition coefficient (Wildman–Crippen LogP) is 11.9. The minimum Gasteiger partial charge on any atom is -0.481 e. The molecule has 22 heteroatoms. The van der Waals surface area contributed by atoms with E-state index < -0.39 is 113 Å². The van der Waals surface area contributed by atoms with Crippen LogP contribution in [0, 0.1) is 23.3 Å². The van der Waals surface area contributed by atoms with E-state index in [0.29, 0.717) is 28.7 Å². The van der Waals surface area contributed by atoms with Crippen molar-refractivity contribution < 1.29 is 77.6 Å². The fraction of sp³-hybridized carbons (Fsp3) is 0.323. The maximum atomic E-state index is 16.2. The molecule has 0 aromatic heterocycles. The first-order valence-electron chi connectivity index (χ1n) is 27.9. The van der Waals surface area contributed by atoms with Gasteiger partial charge in [0.05, 0.1) is 29.2 Å². The van der Waals surface area contributed by atoms with Crippen molar-refractivity contribution in [3.63, 3.8) is 0 Å². The molecule has 1 aliphatic rings. The van der Waals surface area contributed by atoms with Gasteiger partial charge in [-0.15, -0.1) is 15.9 Å². The van der Waals surface area contributed by atoms with E-state index in [-0.39, 0.29) is 65.3 Å². The van der Waals surface area contributed by atoms with Gasteiger partial charge < -0.3 is 29.4 Å². The topological polar surface area (TPSA) is 218 Å². The molecule has 1 unspecified atom stereocenters. The summed E-state index contributed by atoms with van der Waals surface area (Å²) in [5.41, 5.74) is 8.33. The summed E-state index contributed by atoms with van der Waals surface area (Å²) >= 11 is -0.0496. The third-order valence-corrected chi connectivity index (χ3v) is 18.9. The van der Waals surface area contributed by atoms with Gasteiger partial charge in [-0.2, -0.15) is 0 Å². The lowest BCUT2D eigenvalue weighted by Crippen LogP contribution is -2.34. The van der Waals surface area contributed by atoms with Crippen molar-refractivity contribution in [2.45, 2.75) is 126 Å². The highest BCUT2D eigenvalue weighted by Gasteiger charge is 2.38. The first-order valence-corrected chi connectivity index (χ1v) is 31.9. The van der Waals surface area contributed by atoms with Crippen LogP contribution in [0.15, 0.2) is 124 Å². The SMILES string of the molecule is C=C(C)C(=O)OCCNC(=O)OCC(CSc1c(F)c(F)c(S(=O)(=O)NS(=O)(=O)c2ccccc2C2=c3cc/c(=C\c4c(C(C)C)cccc4C(C)C)cc3Oc3cc(Cc4c(C(C)C)cccc4C(C)C)ccc32)c(F)c1F)OC(=O)CCC(=O)O. The van der Waals surface area contributed by atoms with E-state index in [0.717, 1.165) is 39.1 Å². The fourth-order valence-corrected chi connectivity index (χ4v) is 14.1. The highest BCUT2D eigenvalue weighted by Crippen LogP contribution is 2.41. The summed E-state index contributed by atoms with van der Waals surface area (Å²) in [5, 5.41) is 12.4. The summed E-state index contributed by atoms with van der Waals surface area (Å²) < 4.78 is 145. The smallest absolute Gasteiger partial charge is 0.407 e. The van der Waals surface area contributed by atoms with E-state index in [4.69, 9.17) is 24.1 Å². The second kappa shape index (κ2) is 28.4. The number of amides is 1. The molecule has 3 N–H and O–H groups in total. The summed E-state index contributed by atoms with van der Waals surface area (Å²) in [6.07, 6.45) is -1.70. The Morgan fingerprint density at radius 1 is 0.690 bits per heavy atom. The van der Waals surface area contributed by atoms with Crippen LogP contribution in [0.3, 0.4) is 0 Å². The van der Waals surface area contributed by atoms with E-state index in [1.165, 1.54) is 40.4 Å². The maximum absolute atomic E-state index is 16.2. The van der Waals surface area contributed by atoms with E-state index in [1.54, 1.807) is 12.1 Å². The number of nitrogens with one attached hydrogen (secondary N) is 2. The van der Waals surface area contributed by atoms with Crippen LogP contribution in [0.5, 0.6) is 11.5 Å². The standard InChI is InChI=1S/C65H68F4N2O13S3/c1-35(2)43-16-13-17-44(36(3)4)50(43)29-40-21-23-47-52(31-40)84-53-32-41(30-51-45(37(5)6)18-14-19-46(51)38(7)8)22-24-48(53)57(47)49-15-11-12-20-54(49)86(77,78)71-87(79,80)63-60(68)58(66)62(59(67)61(63)69)85-34-42(83-56(74)26-25-55(72)73)33-82-65(76)70-27-28-81-64(75)39(9)10/h11-24,29,31-32,35-38,42,71H,9,25-28,30,33-34H2,1-8,10H3,(H,70,76)(H,72,73)/b40-29+. The van der Waals surface area contributed by atoms with Gasteiger partial charge in [-0.3, -0.25) is 9.59 Å². The zero-order valence-corrected chi connectivity index (χ0v) is 51.9. The molecule has 1 atom stereocenters. The number of alkyl carbamates (subject to hydrolysis) is 1. The van der Waals surface area contributed by atoms with E-state index in [2.05, 4.69) is 97.6 Å². The first kappa shape index (κ1) is 66.7. The molecule has 1 aliphatic heterocycles. The number of sulfonamides is 2. The monoisotopic (exact) mass is 1260 g/mol. The number of rotatable bonds is 25. The number of benzene rings is 6. The number of carbonyl (C=O) groups excluding carboxylic acids is 3. The Bertz CT molecular complexity index is 3960. The maximum Gasteiger partial charge on any atom is 0.407 e. The number of ether oxygens (including phenoxy) is 4. The average Bonchev–Trinajstić information content (AvgIpc) is 0.785. The van der Waals surface area contributed by atoms with Crippen molar-refractivity contribution in [1.82, 2.24) is 9.44 Å². The van der Waals surface area contributed by atoms with E-state index in [1.807, 2.05) is 36.4 Å². The second-order valence-electron chi connectivity index (χ2n) is 22.0. The molecule has 0 bridgehead atoms. The van der Waals surface area contributed by atoms with E-state index >= 15 is 17.6 Å². The number of carboxylic acids is 1. The number of hydrogen-bond acceptors (Lipinski definition) is 13. The second-order valence-corrected chi connectivity index (χ2v) is 26.6. The minimum atomic E-state index is -6.09. The average molecular weight is 1260 g/mol. The first-order chi connectivity index (χ1) is 41.0. The largest absolute Gasteiger partial charge is 0.481 e. The molecule has 0 saturated carbocycles. The lowest BCUT2D eigenvalue weighted by atomic mass is 9.85. The Labute approximate surface area is 508 Å². The van der Waals surface area contributed by atoms with Gasteiger partial charge in [0.25, 0.3) is 20.0 Å². The summed E-state index contributed by atoms with van der Waals surface area (Å²) in [5.74, 6) is -12.4. The number of hydrogen-bond donors (Lipinski definition) is 3. The van der Waals surface area contributed by atoms with Crippen molar-refractivity contribution in [3.8, 4) is 11.5 Å². The van der Waals surface area contributed by atoms with Gasteiger partial charge in [0, 0.05) is 33.2 Å². The zero-order chi connectivity index (χ0) is 63.8. The molecule has 87 heavy (non-hydrogen) atoms. The van der Waals surface area contributed by atoms with Crippen LogP contribution in [-0.4, -0.2) is 77.6 Å². The third-order valence-electron chi connectivity index (χ3n) is 14.1. The molecular formula is C65H68F4N2O13S3. The Kier molecular flexibility index (Phi) is 21.8. The normalized spacial score (nSPS) is 12.9. The molecule has 0 aliphatic carbocycles. The number of halogens is 4. The van der Waals surface area contributed by atoms with Gasteiger partial charge in [-0.05, 0) is 112 Å². The van der Waals surface area contributed by atoms with Crippen LogP contribution in [-0.2, 0) is 55.1 Å². The third kappa shape index (κ3) is 15.9. The molecule has 6 aromatic carbocycles. The Morgan fingerprint density at radius 2 is 1.29 bits per heavy atom. The van der Waals surface area contributed by atoms with Crippen molar-refractivity contribution in [2.24, 2.45) is 0 Å². The van der Waals surface area contributed by atoms with Crippen LogP contribution < -0.4 is 24.6 Å². The van der Waals surface area contributed by atoms with Crippen LogP contribution >= 0.6 is 11.8 Å². The van der Waals surface area contributed by atoms with Gasteiger partial charge in [0.2, 0.25) is 0 Å². The van der Waals surface area contributed by atoms with Crippen molar-refractivity contribution in [2.75, 3.05) is 25.5 Å². The lowest BCUT2D eigenvalue weighted by Gasteiger charge is -2.24. The summed E-state index contributed by atoms with van der Waals surface area (Å²) in [6, 6.07) is 28.7. The number of aliphatic carboxylic acids is 1. The molecule has 0 saturated heterocycles. The molecule has 6 aromatic rings. The number of esters is 2. The van der Waals surface area contributed by atoms with Crippen LogP contribution in [0.1, 0.15) is 149 Å². The molecule has 1 amide bonds. The fourth-order valence-electron chi connectivity index (χ4n) is 9.97. The molecule has 15 nitrogen and oxygen atoms in total. The summed E-state index contributed by atoms with van der Waals surface area (Å²) in [4.78, 5) is 43.1. The molecule has 462 valence electrons. The Morgan fingerprint density at radius 3 is 1.87 bits per heavy atom. The van der Waals surface area contributed by atoms with Crippen molar-refractivity contribution in [1.29, 1.82) is 0 Å². The number of carbonyl (C=O) groups is 4. The highest BCUT2D eigenvalue weighted by atomic mass is 32.3. The molecule has 0 spiro atoms. The highest BCUT2D eigenvalue weighted by molar-refractivity contribution is 8.04. The number of thioether (sulfide) groups is 1. The van der Waals surface area contributed by atoms with Crippen molar-refractivity contribution >= 4 is 67.5 Å². The van der Waals surface area contributed by atoms with Crippen LogP contribution in [0.2, 0.25) is 0 Å². The van der Waals surface area contributed by atoms with Gasteiger partial charge >= 0.3 is 24.0 Å². The molecule has 7 rings (SSSR count). The lowest BCUT2D eigenvalue weighted by molar-refractivity contribution is -0.152. The Hall–Kier alpha value is -7.79. The summed E-state index contributed by atoms with van der Waals surface area (Å²) in [6.45, 7) is 20.3. The number of fused-ring (bicyclic) bond motifs is 2. The van der Waals surface area contributed by atoms with Crippen molar-refractivity contribution in [3.05, 3.63) is 193 Å². The van der Waals surface area contributed by atoms with Crippen LogP contribution in [0.25, 0.3) is 11.6 Å². The van der Waals surface area contributed by atoms with Gasteiger partial charge in [0.15, 0.2) is 28.2 Å².